The van der Waals surface area contributed by atoms with Crippen molar-refractivity contribution in [3.8, 4) is 17.2 Å². The molecule has 7 heteroatoms. The van der Waals surface area contributed by atoms with E-state index in [1.54, 1.807) is 36.4 Å². The average molecular weight is 386 g/mol. The molecule has 0 fully saturated rings. The molecule has 0 saturated heterocycles. The van der Waals surface area contributed by atoms with Crippen LogP contribution in [0.2, 0.25) is 10.0 Å². The number of thiocarbonyl (C=S) groups is 1. The lowest BCUT2D eigenvalue weighted by atomic mass is 10.2. The third-order valence-corrected chi connectivity index (χ3v) is 3.80. The number of hydrogen-bond donors (Lipinski definition) is 1. The van der Waals surface area contributed by atoms with Crippen LogP contribution in [-0.2, 0) is 0 Å². The van der Waals surface area contributed by atoms with Crippen LogP contribution >= 0.6 is 35.4 Å². The first-order chi connectivity index (χ1) is 11.5. The van der Waals surface area contributed by atoms with Crippen LogP contribution in [0.4, 0.5) is 0 Å². The van der Waals surface area contributed by atoms with Crippen LogP contribution in [0.25, 0.3) is 0 Å². The standard InChI is InChI=1S/C17H17Cl2NO3S/c1-2-21-16-9-11(17(20)24)3-6-14(16)22-7-8-23-15-10-12(18)4-5-13(15)19/h3-6,9-10H,2,7-8H2,1H3,(H2,20,24). The van der Waals surface area contributed by atoms with Gasteiger partial charge in [-0.1, -0.05) is 35.4 Å². The van der Waals surface area contributed by atoms with Crippen LogP contribution in [-0.4, -0.2) is 24.8 Å². The van der Waals surface area contributed by atoms with Crippen LogP contribution in [0.5, 0.6) is 17.2 Å². The average Bonchev–Trinajstić information content (AvgIpc) is 2.55. The van der Waals surface area contributed by atoms with Gasteiger partial charge in [0.05, 0.1) is 11.6 Å². The van der Waals surface area contributed by atoms with Crippen LogP contribution < -0.4 is 19.9 Å². The second kappa shape index (κ2) is 8.97. The molecule has 0 unspecified atom stereocenters. The Hall–Kier alpha value is -1.69. The molecule has 0 spiro atoms. The van der Waals surface area contributed by atoms with E-state index in [4.69, 9.17) is 55.4 Å². The Kier molecular flexibility index (Phi) is 6.97. The molecule has 2 N–H and O–H groups in total. The Morgan fingerprint density at radius 1 is 0.958 bits per heavy atom. The van der Waals surface area contributed by atoms with Gasteiger partial charge in [0, 0.05) is 16.7 Å². The molecule has 0 saturated carbocycles. The van der Waals surface area contributed by atoms with Crippen LogP contribution in [0, 0.1) is 0 Å². The van der Waals surface area contributed by atoms with E-state index in [9.17, 15) is 0 Å². The van der Waals surface area contributed by atoms with Gasteiger partial charge in [-0.15, -0.1) is 0 Å². The van der Waals surface area contributed by atoms with Gasteiger partial charge in [0.2, 0.25) is 0 Å². The van der Waals surface area contributed by atoms with Crippen molar-refractivity contribution < 1.29 is 14.2 Å². The molecule has 4 nitrogen and oxygen atoms in total. The van der Waals surface area contributed by atoms with Gasteiger partial charge < -0.3 is 19.9 Å². The number of ether oxygens (including phenoxy) is 3. The molecule has 2 aromatic carbocycles. The number of benzene rings is 2. The highest BCUT2D eigenvalue weighted by Crippen LogP contribution is 2.29. The minimum Gasteiger partial charge on any atom is -0.490 e. The van der Waals surface area contributed by atoms with E-state index in [2.05, 4.69) is 0 Å². The summed E-state index contributed by atoms with van der Waals surface area (Å²) in [4.78, 5) is 0.307. The van der Waals surface area contributed by atoms with Crippen molar-refractivity contribution in [2.24, 2.45) is 5.73 Å². The first kappa shape index (κ1) is 18.6. The highest BCUT2D eigenvalue weighted by Gasteiger charge is 2.08. The zero-order valence-corrected chi connectivity index (χ0v) is 15.4. The first-order valence-corrected chi connectivity index (χ1v) is 8.45. The predicted octanol–water partition coefficient (Wildman–Crippen LogP) is 4.48. The van der Waals surface area contributed by atoms with Crippen LogP contribution in [0.15, 0.2) is 36.4 Å². The van der Waals surface area contributed by atoms with Gasteiger partial charge in [-0.3, -0.25) is 0 Å². The van der Waals surface area contributed by atoms with Crippen molar-refractivity contribution in [1.29, 1.82) is 0 Å². The zero-order valence-electron chi connectivity index (χ0n) is 13.1. The van der Waals surface area contributed by atoms with Crippen LogP contribution in [0.1, 0.15) is 12.5 Å². The number of rotatable bonds is 8. The molecule has 0 amide bonds. The summed E-state index contributed by atoms with van der Waals surface area (Å²) in [6, 6.07) is 10.4. The van der Waals surface area contributed by atoms with E-state index in [0.29, 0.717) is 52.1 Å². The number of nitrogens with two attached hydrogens (primary N) is 1. The second-order valence-corrected chi connectivity index (χ2v) is 6.01. The highest BCUT2D eigenvalue weighted by molar-refractivity contribution is 7.80. The van der Waals surface area contributed by atoms with E-state index < -0.39 is 0 Å². The summed E-state index contributed by atoms with van der Waals surface area (Å²) in [5, 5.41) is 1.05. The molecular formula is C17H17Cl2NO3S. The van der Waals surface area contributed by atoms with Gasteiger partial charge >= 0.3 is 0 Å². The zero-order chi connectivity index (χ0) is 17.5. The molecule has 0 heterocycles. The summed E-state index contributed by atoms with van der Waals surface area (Å²) in [6.45, 7) is 3.02. The van der Waals surface area contributed by atoms with Gasteiger partial charge in [0.25, 0.3) is 0 Å². The lowest BCUT2D eigenvalue weighted by Gasteiger charge is -2.14. The summed E-state index contributed by atoms with van der Waals surface area (Å²) >= 11 is 16.9. The van der Waals surface area contributed by atoms with E-state index in [0.717, 1.165) is 5.56 Å². The van der Waals surface area contributed by atoms with Gasteiger partial charge in [-0.2, -0.15) is 0 Å². The summed E-state index contributed by atoms with van der Waals surface area (Å²) in [6.07, 6.45) is 0. The first-order valence-electron chi connectivity index (χ1n) is 7.28. The van der Waals surface area contributed by atoms with E-state index in [1.165, 1.54) is 0 Å². The molecule has 2 rings (SSSR count). The topological polar surface area (TPSA) is 53.7 Å². The highest BCUT2D eigenvalue weighted by atomic mass is 35.5. The third kappa shape index (κ3) is 5.16. The minimum atomic E-state index is 0.307. The van der Waals surface area contributed by atoms with E-state index in [-0.39, 0.29) is 0 Å². The third-order valence-electron chi connectivity index (χ3n) is 3.02. The molecule has 2 aromatic rings. The Morgan fingerprint density at radius 3 is 2.33 bits per heavy atom. The fourth-order valence-corrected chi connectivity index (χ4v) is 2.40. The lowest BCUT2D eigenvalue weighted by Crippen LogP contribution is -2.12. The predicted molar refractivity (Wildman–Crippen MR) is 101 cm³/mol. The molecule has 128 valence electrons. The lowest BCUT2D eigenvalue weighted by molar-refractivity contribution is 0.208. The van der Waals surface area contributed by atoms with Crippen molar-refractivity contribution >= 4 is 40.4 Å². The number of hydrogen-bond acceptors (Lipinski definition) is 4. The molecular weight excluding hydrogens is 369 g/mol. The largest absolute Gasteiger partial charge is 0.490 e. The summed E-state index contributed by atoms with van der Waals surface area (Å²) < 4.78 is 16.8. The minimum absolute atomic E-state index is 0.307. The molecule has 0 aliphatic carbocycles. The Bertz CT molecular complexity index is 725. The summed E-state index contributed by atoms with van der Waals surface area (Å²) in [5.74, 6) is 1.70. The molecule has 24 heavy (non-hydrogen) atoms. The molecule has 0 bridgehead atoms. The van der Waals surface area contributed by atoms with Crippen molar-refractivity contribution in [3.05, 3.63) is 52.0 Å². The van der Waals surface area contributed by atoms with Crippen molar-refractivity contribution in [1.82, 2.24) is 0 Å². The van der Waals surface area contributed by atoms with Crippen molar-refractivity contribution in [3.63, 3.8) is 0 Å². The Balaban J connectivity index is 1.96. The van der Waals surface area contributed by atoms with Crippen LogP contribution in [0.3, 0.4) is 0 Å². The van der Waals surface area contributed by atoms with Gasteiger partial charge in [0.1, 0.15) is 24.0 Å². The molecule has 0 atom stereocenters. The van der Waals surface area contributed by atoms with E-state index >= 15 is 0 Å². The maximum absolute atomic E-state index is 6.04. The second-order valence-electron chi connectivity index (χ2n) is 4.73. The molecule has 0 aromatic heterocycles. The summed E-state index contributed by atoms with van der Waals surface area (Å²) in [5.41, 5.74) is 6.36. The Labute approximate surface area is 156 Å². The normalized spacial score (nSPS) is 10.3. The molecule has 0 radical (unpaired) electrons. The monoisotopic (exact) mass is 385 g/mol. The van der Waals surface area contributed by atoms with Gasteiger partial charge in [-0.25, -0.2) is 0 Å². The summed E-state index contributed by atoms with van der Waals surface area (Å²) in [7, 11) is 0. The fourth-order valence-electron chi connectivity index (χ4n) is 1.94. The van der Waals surface area contributed by atoms with Crippen molar-refractivity contribution in [2.45, 2.75) is 6.92 Å². The van der Waals surface area contributed by atoms with Crippen molar-refractivity contribution in [2.75, 3.05) is 19.8 Å². The SMILES string of the molecule is CCOc1cc(C(N)=S)ccc1OCCOc1cc(Cl)ccc1Cl. The maximum atomic E-state index is 6.04. The van der Waals surface area contributed by atoms with Gasteiger partial charge in [-0.05, 0) is 37.3 Å². The molecule has 0 aliphatic heterocycles. The maximum Gasteiger partial charge on any atom is 0.161 e. The Morgan fingerprint density at radius 2 is 1.67 bits per heavy atom. The van der Waals surface area contributed by atoms with Gasteiger partial charge in [0.15, 0.2) is 11.5 Å². The number of halogens is 2. The van der Waals surface area contributed by atoms with E-state index in [1.807, 2.05) is 6.92 Å². The fraction of sp³-hybridized carbons (Fsp3) is 0.235. The quantitative estimate of drug-likeness (QED) is 0.535. The molecule has 0 aliphatic rings. The smallest absolute Gasteiger partial charge is 0.161 e.